The van der Waals surface area contributed by atoms with Crippen LogP contribution in [0.2, 0.25) is 0 Å². The van der Waals surface area contributed by atoms with Crippen LogP contribution in [0.25, 0.3) is 33.6 Å². The van der Waals surface area contributed by atoms with Gasteiger partial charge >= 0.3 is 12.1 Å². The second-order valence-corrected chi connectivity index (χ2v) is 15.8. The standard InChI is InChI=1S/C44H54FN7O8/c1-24(57-3)31(22-37(53)59-5)42(54)51-18-9-13-36(51)41-47-33-11-7-10-28-20-26(14-16-29(28)39(33)49-41)27-15-17-30(32(45)21-27)34-23-46-40(48-34)35-12-8-19-52(35)43(55)38(25(2)58-4)50-44(56)60-6/h14-17,20-21,23-25,31,35-36,38H,7-13,18-19,22H2,1-6H3,(H,46,48)(H,47,49)(H,50,56)/t24-,25+,31+,35+,36+,38+/m1/s1. The van der Waals surface area contributed by atoms with Gasteiger partial charge in [0.2, 0.25) is 11.8 Å². The lowest BCUT2D eigenvalue weighted by Crippen LogP contribution is -2.54. The van der Waals surface area contributed by atoms with E-state index in [1.165, 1.54) is 34.5 Å². The summed E-state index contributed by atoms with van der Waals surface area (Å²) < 4.78 is 36.5. The van der Waals surface area contributed by atoms with Crippen LogP contribution in [0.1, 0.15) is 87.4 Å². The zero-order chi connectivity index (χ0) is 42.7. The number of halogens is 1. The van der Waals surface area contributed by atoms with Gasteiger partial charge in [0.15, 0.2) is 0 Å². The molecule has 2 saturated heterocycles. The van der Waals surface area contributed by atoms with E-state index in [1.807, 2.05) is 23.1 Å². The van der Waals surface area contributed by atoms with Gasteiger partial charge < -0.3 is 44.0 Å². The molecule has 6 atom stereocenters. The second kappa shape index (κ2) is 18.3. The van der Waals surface area contributed by atoms with Crippen molar-refractivity contribution >= 4 is 23.9 Å². The first kappa shape index (κ1) is 42.5. The molecule has 4 heterocycles. The van der Waals surface area contributed by atoms with E-state index in [0.29, 0.717) is 36.6 Å². The lowest BCUT2D eigenvalue weighted by atomic mass is 9.95. The number of nitrogens with one attached hydrogen (secondary N) is 3. The lowest BCUT2D eigenvalue weighted by Gasteiger charge is -2.30. The fourth-order valence-corrected chi connectivity index (χ4v) is 8.82. The van der Waals surface area contributed by atoms with E-state index in [4.69, 9.17) is 23.9 Å². The number of nitrogens with zero attached hydrogens (tertiary/aromatic N) is 4. The molecular weight excluding hydrogens is 774 g/mol. The lowest BCUT2D eigenvalue weighted by molar-refractivity contribution is -0.151. The van der Waals surface area contributed by atoms with Gasteiger partial charge in [-0.25, -0.2) is 19.2 Å². The molecule has 7 rings (SSSR count). The number of aromatic nitrogens is 4. The molecule has 0 spiro atoms. The van der Waals surface area contributed by atoms with Gasteiger partial charge in [0.05, 0.1) is 68.4 Å². The summed E-state index contributed by atoms with van der Waals surface area (Å²) in [4.78, 5) is 71.8. The predicted octanol–water partition coefficient (Wildman–Crippen LogP) is 6.06. The molecule has 0 saturated carbocycles. The molecule has 0 radical (unpaired) electrons. The number of imidazole rings is 2. The summed E-state index contributed by atoms with van der Waals surface area (Å²) in [7, 11) is 5.55. The van der Waals surface area contributed by atoms with Crippen LogP contribution in [0.15, 0.2) is 42.6 Å². The highest BCUT2D eigenvalue weighted by Crippen LogP contribution is 2.39. The largest absolute Gasteiger partial charge is 0.469 e. The van der Waals surface area contributed by atoms with Gasteiger partial charge in [-0.15, -0.1) is 0 Å². The molecule has 2 fully saturated rings. The highest BCUT2D eigenvalue weighted by atomic mass is 19.1. The molecule has 0 bridgehead atoms. The van der Waals surface area contributed by atoms with E-state index in [9.17, 15) is 19.2 Å². The maximum atomic E-state index is 16.0. The van der Waals surface area contributed by atoms with Crippen molar-refractivity contribution in [2.75, 3.05) is 41.5 Å². The van der Waals surface area contributed by atoms with Crippen molar-refractivity contribution < 1.29 is 42.5 Å². The fourth-order valence-electron chi connectivity index (χ4n) is 8.82. The molecule has 60 heavy (non-hydrogen) atoms. The Morgan fingerprint density at radius 3 is 2.15 bits per heavy atom. The Kier molecular flexibility index (Phi) is 13.0. The van der Waals surface area contributed by atoms with Crippen LogP contribution < -0.4 is 5.32 Å². The van der Waals surface area contributed by atoms with Crippen molar-refractivity contribution in [2.45, 2.75) is 95.5 Å². The van der Waals surface area contributed by atoms with Gasteiger partial charge in [-0.3, -0.25) is 14.4 Å². The van der Waals surface area contributed by atoms with Crippen LogP contribution >= 0.6 is 0 Å². The average molecular weight is 828 g/mol. The molecule has 3 amide bonds. The van der Waals surface area contributed by atoms with Crippen molar-refractivity contribution in [1.82, 2.24) is 35.1 Å². The van der Waals surface area contributed by atoms with Gasteiger partial charge in [-0.05, 0) is 87.6 Å². The number of esters is 1. The van der Waals surface area contributed by atoms with Gasteiger partial charge in [-0.1, -0.05) is 24.3 Å². The van der Waals surface area contributed by atoms with Crippen molar-refractivity contribution in [3.63, 3.8) is 0 Å². The summed E-state index contributed by atoms with van der Waals surface area (Å²) in [5, 5.41) is 2.59. The monoisotopic (exact) mass is 827 g/mol. The van der Waals surface area contributed by atoms with E-state index >= 15 is 4.39 Å². The Morgan fingerprint density at radius 2 is 1.48 bits per heavy atom. The highest BCUT2D eigenvalue weighted by molar-refractivity contribution is 5.87. The minimum atomic E-state index is -0.959. The van der Waals surface area contributed by atoms with Crippen LogP contribution in [-0.2, 0) is 46.2 Å². The molecule has 3 N–H and O–H groups in total. The maximum absolute atomic E-state index is 16.0. The normalized spacial score (nSPS) is 19.4. The minimum Gasteiger partial charge on any atom is -0.469 e. The SMILES string of the molecule is COC(=O)C[C@H](C(=O)N1CCC[C@H]1c1nc2c([nH]1)CCCc1cc(-c3ccc(-c4cnc([C@@H]5CCCN5C(=O)[C@@H](NC(=O)OC)[C@H](C)OC)[nH]4)c(F)c3)ccc1-2)[C@@H](C)OC. The van der Waals surface area contributed by atoms with Crippen LogP contribution in [0, 0.1) is 11.7 Å². The number of fused-ring (bicyclic) bond motifs is 3. The van der Waals surface area contributed by atoms with Crippen molar-refractivity contribution in [2.24, 2.45) is 5.92 Å². The fraction of sp³-hybridized carbons (Fsp3) is 0.500. The van der Waals surface area contributed by atoms with E-state index in [1.54, 1.807) is 31.0 Å². The first-order valence-electron chi connectivity index (χ1n) is 20.6. The second-order valence-electron chi connectivity index (χ2n) is 15.8. The molecule has 0 unspecified atom stereocenters. The van der Waals surface area contributed by atoms with Crippen LogP contribution in [0.4, 0.5) is 9.18 Å². The van der Waals surface area contributed by atoms with E-state index in [2.05, 4.69) is 26.3 Å². The minimum absolute atomic E-state index is 0.0625. The molecule has 1 aliphatic carbocycles. The zero-order valence-corrected chi connectivity index (χ0v) is 35.0. The summed E-state index contributed by atoms with van der Waals surface area (Å²) in [6, 6.07) is 9.68. The van der Waals surface area contributed by atoms with Crippen molar-refractivity contribution in [1.29, 1.82) is 0 Å². The molecule has 4 aromatic rings. The Balaban J connectivity index is 1.08. The van der Waals surface area contributed by atoms with Gasteiger partial charge in [0, 0.05) is 44.1 Å². The number of H-pyrrole nitrogens is 2. The number of carbonyl (C=O) groups is 4. The summed E-state index contributed by atoms with van der Waals surface area (Å²) in [6.07, 6.45) is 5.17. The number of carbonyl (C=O) groups excluding carboxylic acids is 4. The van der Waals surface area contributed by atoms with Crippen molar-refractivity contribution in [3.05, 3.63) is 71.3 Å². The molecule has 320 valence electrons. The van der Waals surface area contributed by atoms with Gasteiger partial charge in [0.1, 0.15) is 23.5 Å². The maximum Gasteiger partial charge on any atom is 0.407 e. The Labute approximate surface area is 348 Å². The molecular formula is C44H54FN7O8. The third-order valence-electron chi connectivity index (χ3n) is 12.4. The Hall–Kier alpha value is -5.61. The molecule has 2 aromatic heterocycles. The number of ether oxygens (including phenoxy) is 4. The molecule has 3 aliphatic rings. The summed E-state index contributed by atoms with van der Waals surface area (Å²) in [5.74, 6) is -0.749. The number of methoxy groups -OCH3 is 4. The summed E-state index contributed by atoms with van der Waals surface area (Å²) in [5.41, 5.74) is 6.44. The first-order valence-corrected chi connectivity index (χ1v) is 20.6. The number of aryl methyl sites for hydroxylation is 2. The number of hydrogen-bond donors (Lipinski definition) is 3. The first-order chi connectivity index (χ1) is 29.0. The molecule has 16 heteroatoms. The van der Waals surface area contributed by atoms with Crippen LogP contribution in [0.3, 0.4) is 0 Å². The van der Waals surface area contributed by atoms with Gasteiger partial charge in [-0.2, -0.15) is 0 Å². The zero-order valence-electron chi connectivity index (χ0n) is 35.0. The van der Waals surface area contributed by atoms with Crippen LogP contribution in [0.5, 0.6) is 0 Å². The third-order valence-corrected chi connectivity index (χ3v) is 12.4. The number of alkyl carbamates (subject to hydrolysis) is 1. The van der Waals surface area contributed by atoms with Crippen molar-refractivity contribution in [3.8, 4) is 33.6 Å². The topological polar surface area (TPSA) is 181 Å². The van der Waals surface area contributed by atoms with E-state index in [-0.39, 0.29) is 30.3 Å². The quantitative estimate of drug-likeness (QED) is 0.134. The number of aromatic amines is 2. The smallest absolute Gasteiger partial charge is 0.407 e. The molecule has 2 aromatic carbocycles. The highest BCUT2D eigenvalue weighted by Gasteiger charge is 2.41. The van der Waals surface area contributed by atoms with Gasteiger partial charge in [0.25, 0.3) is 0 Å². The summed E-state index contributed by atoms with van der Waals surface area (Å²) in [6.45, 7) is 4.52. The number of benzene rings is 2. The average Bonchev–Trinajstić information content (AvgIpc) is 4.10. The van der Waals surface area contributed by atoms with E-state index in [0.717, 1.165) is 78.0 Å². The molecule has 2 aliphatic heterocycles. The number of amides is 3. The number of rotatable bonds is 13. The predicted molar refractivity (Wildman–Crippen MR) is 219 cm³/mol. The molecule has 15 nitrogen and oxygen atoms in total. The number of likely N-dealkylation sites (tertiary alicyclic amines) is 2. The van der Waals surface area contributed by atoms with E-state index < -0.39 is 42.0 Å². The Morgan fingerprint density at radius 1 is 0.817 bits per heavy atom. The number of hydrogen-bond acceptors (Lipinski definition) is 10. The third kappa shape index (κ3) is 8.53. The Bertz CT molecular complexity index is 2220. The van der Waals surface area contributed by atoms with Crippen LogP contribution in [-0.4, -0.2) is 113 Å². The summed E-state index contributed by atoms with van der Waals surface area (Å²) >= 11 is 0.